The number of aliphatic hydroxyl groups is 1. The lowest BCUT2D eigenvalue weighted by molar-refractivity contribution is 0.174. The molecule has 2 aromatic heterocycles. The quantitative estimate of drug-likeness (QED) is 0.648. The zero-order valence-corrected chi connectivity index (χ0v) is 11.2. The van der Waals surface area contributed by atoms with Crippen LogP contribution < -0.4 is 0 Å². The van der Waals surface area contributed by atoms with Gasteiger partial charge in [0.1, 0.15) is 21.9 Å². The molecule has 0 bridgehead atoms. The third-order valence-corrected chi connectivity index (χ3v) is 5.03. The van der Waals surface area contributed by atoms with Crippen molar-refractivity contribution < 1.29 is 5.11 Å². The summed E-state index contributed by atoms with van der Waals surface area (Å²) in [5.74, 6) is 0.129. The van der Waals surface area contributed by atoms with Crippen molar-refractivity contribution in [1.82, 2.24) is 9.97 Å². The SMILES string of the molecule is OC(Cl)[C@H]1CCc2c(sc3ncnc(Cl)c23)C1. The molecule has 0 aliphatic heterocycles. The summed E-state index contributed by atoms with van der Waals surface area (Å²) < 4.78 is 0. The first kappa shape index (κ1) is 11.7. The Morgan fingerprint density at radius 1 is 1.47 bits per heavy atom. The van der Waals surface area contributed by atoms with Crippen LogP contribution in [0.1, 0.15) is 16.9 Å². The van der Waals surface area contributed by atoms with E-state index >= 15 is 0 Å². The van der Waals surface area contributed by atoms with E-state index in [2.05, 4.69) is 9.97 Å². The minimum Gasteiger partial charge on any atom is -0.377 e. The Hall–Kier alpha value is -0.420. The van der Waals surface area contributed by atoms with E-state index in [4.69, 9.17) is 23.2 Å². The molecule has 1 unspecified atom stereocenters. The minimum atomic E-state index is -0.769. The highest BCUT2D eigenvalue weighted by atomic mass is 35.5. The summed E-state index contributed by atoms with van der Waals surface area (Å²) in [6, 6.07) is 0. The molecule has 3 nitrogen and oxygen atoms in total. The number of hydrogen-bond acceptors (Lipinski definition) is 4. The molecule has 0 spiro atoms. The predicted octanol–water partition coefficient (Wildman–Crippen LogP) is 3.01. The zero-order chi connectivity index (χ0) is 12.0. The monoisotopic (exact) mass is 288 g/mol. The summed E-state index contributed by atoms with van der Waals surface area (Å²) in [4.78, 5) is 10.4. The number of aromatic nitrogens is 2. The Morgan fingerprint density at radius 3 is 3.06 bits per heavy atom. The van der Waals surface area contributed by atoms with Gasteiger partial charge in [-0.15, -0.1) is 11.3 Å². The van der Waals surface area contributed by atoms with E-state index in [0.717, 1.165) is 29.5 Å². The normalized spacial score (nSPS) is 21.5. The summed E-state index contributed by atoms with van der Waals surface area (Å²) in [5, 5.41) is 11.0. The topological polar surface area (TPSA) is 46.0 Å². The molecule has 0 aromatic carbocycles. The number of nitrogens with zero attached hydrogens (tertiary/aromatic N) is 2. The van der Waals surface area contributed by atoms with Crippen LogP contribution in [0.15, 0.2) is 6.33 Å². The Labute approximate surface area is 112 Å². The number of rotatable bonds is 1. The van der Waals surface area contributed by atoms with Gasteiger partial charge in [0.2, 0.25) is 0 Å². The molecule has 3 rings (SSSR count). The van der Waals surface area contributed by atoms with E-state index in [1.165, 1.54) is 16.8 Å². The van der Waals surface area contributed by atoms with Crippen molar-refractivity contribution in [1.29, 1.82) is 0 Å². The van der Waals surface area contributed by atoms with E-state index in [1.807, 2.05) is 0 Å². The largest absolute Gasteiger partial charge is 0.377 e. The van der Waals surface area contributed by atoms with Crippen LogP contribution in [0.2, 0.25) is 5.15 Å². The maximum atomic E-state index is 9.45. The van der Waals surface area contributed by atoms with Crippen molar-refractivity contribution in [3.05, 3.63) is 21.9 Å². The number of aliphatic hydroxyl groups excluding tert-OH is 1. The number of aryl methyl sites for hydroxylation is 1. The number of thiophene rings is 1. The van der Waals surface area contributed by atoms with Crippen molar-refractivity contribution in [3.63, 3.8) is 0 Å². The van der Waals surface area contributed by atoms with Crippen molar-refractivity contribution in [3.8, 4) is 0 Å². The third kappa shape index (κ3) is 1.93. The van der Waals surface area contributed by atoms with Gasteiger partial charge in [-0.25, -0.2) is 9.97 Å². The Balaban J connectivity index is 2.11. The van der Waals surface area contributed by atoms with Crippen LogP contribution in [0.4, 0.5) is 0 Å². The van der Waals surface area contributed by atoms with Gasteiger partial charge in [-0.3, -0.25) is 0 Å². The first-order valence-electron chi connectivity index (χ1n) is 5.39. The van der Waals surface area contributed by atoms with Crippen LogP contribution in [-0.4, -0.2) is 20.6 Å². The van der Waals surface area contributed by atoms with Gasteiger partial charge >= 0.3 is 0 Å². The molecule has 0 amide bonds. The van der Waals surface area contributed by atoms with E-state index in [1.54, 1.807) is 11.3 Å². The highest BCUT2D eigenvalue weighted by Gasteiger charge is 2.27. The van der Waals surface area contributed by atoms with Gasteiger partial charge in [0, 0.05) is 10.8 Å². The molecule has 2 heterocycles. The minimum absolute atomic E-state index is 0.129. The number of hydrogen-bond donors (Lipinski definition) is 1. The fraction of sp³-hybridized carbons (Fsp3) is 0.455. The Morgan fingerprint density at radius 2 is 2.29 bits per heavy atom. The molecule has 0 radical (unpaired) electrons. The highest BCUT2D eigenvalue weighted by molar-refractivity contribution is 7.19. The molecule has 0 fully saturated rings. The predicted molar refractivity (Wildman–Crippen MR) is 69.8 cm³/mol. The van der Waals surface area contributed by atoms with Gasteiger partial charge in [-0.2, -0.15) is 0 Å². The molecular weight excluding hydrogens is 279 g/mol. The van der Waals surface area contributed by atoms with Crippen LogP contribution in [0.25, 0.3) is 10.2 Å². The van der Waals surface area contributed by atoms with Gasteiger partial charge in [-0.05, 0) is 24.8 Å². The van der Waals surface area contributed by atoms with Crippen LogP contribution in [-0.2, 0) is 12.8 Å². The highest BCUT2D eigenvalue weighted by Crippen LogP contribution is 2.40. The first-order valence-corrected chi connectivity index (χ1v) is 7.03. The molecule has 0 saturated carbocycles. The summed E-state index contributed by atoms with van der Waals surface area (Å²) in [7, 11) is 0. The fourth-order valence-corrected chi connectivity index (χ4v) is 4.13. The number of alkyl halides is 1. The van der Waals surface area contributed by atoms with Crippen molar-refractivity contribution in [2.24, 2.45) is 5.92 Å². The smallest absolute Gasteiger partial charge is 0.141 e. The van der Waals surface area contributed by atoms with Gasteiger partial charge in [0.05, 0.1) is 5.39 Å². The van der Waals surface area contributed by atoms with E-state index in [-0.39, 0.29) is 5.92 Å². The summed E-state index contributed by atoms with van der Waals surface area (Å²) in [6.45, 7) is 0. The average Bonchev–Trinajstić information content (AvgIpc) is 2.67. The third-order valence-electron chi connectivity index (χ3n) is 3.23. The first-order chi connectivity index (χ1) is 8.16. The molecule has 0 saturated heterocycles. The molecule has 2 aromatic rings. The lowest BCUT2D eigenvalue weighted by Gasteiger charge is -2.23. The van der Waals surface area contributed by atoms with E-state index in [9.17, 15) is 5.11 Å². The fourth-order valence-electron chi connectivity index (χ4n) is 2.33. The molecule has 6 heteroatoms. The lowest BCUT2D eigenvalue weighted by atomic mass is 9.88. The van der Waals surface area contributed by atoms with Crippen LogP contribution >= 0.6 is 34.5 Å². The van der Waals surface area contributed by atoms with Crippen molar-refractivity contribution >= 4 is 44.8 Å². The summed E-state index contributed by atoms with van der Waals surface area (Å²) in [5.41, 5.74) is 0.471. The van der Waals surface area contributed by atoms with Crippen molar-refractivity contribution in [2.75, 3.05) is 0 Å². The maximum absolute atomic E-state index is 9.45. The maximum Gasteiger partial charge on any atom is 0.141 e. The van der Waals surface area contributed by atoms with Crippen LogP contribution in [0, 0.1) is 5.92 Å². The number of halogens is 2. The number of fused-ring (bicyclic) bond motifs is 3. The summed E-state index contributed by atoms with van der Waals surface area (Å²) in [6.07, 6.45) is 4.06. The van der Waals surface area contributed by atoms with E-state index in [0.29, 0.717) is 5.15 Å². The standard InChI is InChI=1S/C11H10Cl2N2OS/c12-9-8-6-2-1-5(10(13)16)3-7(6)17-11(8)15-4-14-9/h4-5,10,16H,1-3H2/t5-,10?/m0/s1. The van der Waals surface area contributed by atoms with Gasteiger partial charge < -0.3 is 5.11 Å². The second-order valence-corrected chi connectivity index (χ2v) is 6.11. The van der Waals surface area contributed by atoms with Crippen LogP contribution in [0.3, 0.4) is 0 Å². The molecular formula is C11H10Cl2N2OS. The zero-order valence-electron chi connectivity index (χ0n) is 8.86. The van der Waals surface area contributed by atoms with Gasteiger partial charge in [0.15, 0.2) is 0 Å². The van der Waals surface area contributed by atoms with E-state index < -0.39 is 5.56 Å². The molecule has 1 N–H and O–H groups in total. The molecule has 1 aliphatic rings. The second-order valence-electron chi connectivity index (χ2n) is 4.22. The van der Waals surface area contributed by atoms with Gasteiger partial charge in [-0.1, -0.05) is 23.2 Å². The van der Waals surface area contributed by atoms with Gasteiger partial charge in [0.25, 0.3) is 0 Å². The Kier molecular flexibility index (Phi) is 2.99. The molecule has 2 atom stereocenters. The average molecular weight is 289 g/mol. The van der Waals surface area contributed by atoms with Crippen molar-refractivity contribution in [2.45, 2.75) is 24.8 Å². The molecule has 90 valence electrons. The van der Waals surface area contributed by atoms with Crippen LogP contribution in [0.5, 0.6) is 0 Å². The second kappa shape index (κ2) is 4.35. The lowest BCUT2D eigenvalue weighted by Crippen LogP contribution is -2.21. The summed E-state index contributed by atoms with van der Waals surface area (Å²) >= 11 is 13.5. The Bertz CT molecular complexity index is 570. The molecule has 17 heavy (non-hydrogen) atoms. The molecule has 1 aliphatic carbocycles.